The van der Waals surface area contributed by atoms with Crippen molar-refractivity contribution in [3.05, 3.63) is 30.6 Å². The summed E-state index contributed by atoms with van der Waals surface area (Å²) in [6, 6.07) is 5.50. The molecule has 0 saturated heterocycles. The van der Waals surface area contributed by atoms with Crippen LogP contribution in [0.15, 0.2) is 30.6 Å². The molecule has 1 fully saturated rings. The first-order chi connectivity index (χ1) is 8.24. The number of benzene rings is 1. The van der Waals surface area contributed by atoms with E-state index in [2.05, 4.69) is 15.3 Å². The summed E-state index contributed by atoms with van der Waals surface area (Å²) < 4.78 is 0. The number of carbonyl (C=O) groups is 1. The molecule has 3 rings (SSSR count). The fourth-order valence-corrected chi connectivity index (χ4v) is 1.79. The van der Waals surface area contributed by atoms with Crippen LogP contribution in [0.25, 0.3) is 11.0 Å². The number of anilines is 1. The van der Waals surface area contributed by atoms with Crippen molar-refractivity contribution >= 4 is 22.6 Å². The van der Waals surface area contributed by atoms with Gasteiger partial charge >= 0.3 is 0 Å². The highest BCUT2D eigenvalue weighted by molar-refractivity contribution is 5.96. The van der Waals surface area contributed by atoms with Crippen LogP contribution in [-0.4, -0.2) is 21.9 Å². The van der Waals surface area contributed by atoms with E-state index in [1.807, 2.05) is 18.2 Å². The molecule has 86 valence electrons. The van der Waals surface area contributed by atoms with E-state index in [-0.39, 0.29) is 17.9 Å². The van der Waals surface area contributed by atoms with E-state index in [0.717, 1.165) is 23.1 Å². The lowest BCUT2D eigenvalue weighted by Gasteiger charge is -2.05. The number of nitrogens with two attached hydrogens (primary N) is 1. The Labute approximate surface area is 98.1 Å². The third-order valence-electron chi connectivity index (χ3n) is 2.91. The number of nitrogens with one attached hydrogen (secondary N) is 1. The normalized spacial score (nSPS) is 22.4. The lowest BCUT2D eigenvalue weighted by molar-refractivity contribution is -0.117. The molecular formula is C12H12N4O. The fraction of sp³-hybridized carbons (Fsp3) is 0.250. The van der Waals surface area contributed by atoms with Gasteiger partial charge in [0.2, 0.25) is 5.91 Å². The maximum atomic E-state index is 11.7. The molecule has 0 spiro atoms. The molecule has 2 atom stereocenters. The highest BCUT2D eigenvalue weighted by atomic mass is 16.2. The first-order valence-electron chi connectivity index (χ1n) is 5.51. The Balaban J connectivity index is 1.83. The number of hydrogen-bond acceptors (Lipinski definition) is 4. The second-order valence-electron chi connectivity index (χ2n) is 4.26. The van der Waals surface area contributed by atoms with E-state index in [1.54, 1.807) is 12.4 Å². The van der Waals surface area contributed by atoms with Gasteiger partial charge in [0.25, 0.3) is 0 Å². The summed E-state index contributed by atoms with van der Waals surface area (Å²) in [7, 11) is 0. The van der Waals surface area contributed by atoms with Crippen LogP contribution in [0.4, 0.5) is 5.69 Å². The van der Waals surface area contributed by atoms with Crippen molar-refractivity contribution in [1.29, 1.82) is 0 Å². The van der Waals surface area contributed by atoms with E-state index >= 15 is 0 Å². The predicted octanol–water partition coefficient (Wildman–Crippen LogP) is 0.915. The van der Waals surface area contributed by atoms with Gasteiger partial charge in [0.1, 0.15) is 0 Å². The molecule has 1 aromatic heterocycles. The first-order valence-corrected chi connectivity index (χ1v) is 5.51. The van der Waals surface area contributed by atoms with Gasteiger partial charge in [0.15, 0.2) is 0 Å². The van der Waals surface area contributed by atoms with Gasteiger partial charge in [-0.15, -0.1) is 0 Å². The lowest BCUT2D eigenvalue weighted by Crippen LogP contribution is -2.18. The van der Waals surface area contributed by atoms with Crippen LogP contribution in [0, 0.1) is 5.92 Å². The minimum atomic E-state index is -0.0347. The van der Waals surface area contributed by atoms with Crippen molar-refractivity contribution in [3.8, 4) is 0 Å². The maximum absolute atomic E-state index is 11.7. The molecule has 3 N–H and O–H groups in total. The van der Waals surface area contributed by atoms with Crippen LogP contribution >= 0.6 is 0 Å². The molecule has 0 bridgehead atoms. The fourth-order valence-electron chi connectivity index (χ4n) is 1.79. The highest BCUT2D eigenvalue weighted by Gasteiger charge is 2.39. The Kier molecular flexibility index (Phi) is 2.26. The number of carbonyl (C=O) groups excluding carboxylic acids is 1. The maximum Gasteiger partial charge on any atom is 0.229 e. The Morgan fingerprint density at radius 3 is 2.71 bits per heavy atom. The zero-order valence-electron chi connectivity index (χ0n) is 9.13. The molecule has 5 heteroatoms. The van der Waals surface area contributed by atoms with Crippen LogP contribution in [0.2, 0.25) is 0 Å². The SMILES string of the molecule is NC1CC1C(=O)Nc1ccc2nccnc2c1. The predicted molar refractivity (Wildman–Crippen MR) is 64.3 cm³/mol. The van der Waals surface area contributed by atoms with E-state index in [4.69, 9.17) is 5.73 Å². The van der Waals surface area contributed by atoms with Crippen molar-refractivity contribution in [2.75, 3.05) is 5.32 Å². The summed E-state index contributed by atoms with van der Waals surface area (Å²) in [5, 5.41) is 2.84. The molecule has 2 unspecified atom stereocenters. The number of aromatic nitrogens is 2. The minimum Gasteiger partial charge on any atom is -0.327 e. The summed E-state index contributed by atoms with van der Waals surface area (Å²) in [4.78, 5) is 20.0. The van der Waals surface area contributed by atoms with Gasteiger partial charge in [-0.1, -0.05) is 0 Å². The Morgan fingerprint density at radius 1 is 1.29 bits per heavy atom. The zero-order valence-corrected chi connectivity index (χ0v) is 9.13. The molecule has 0 aliphatic heterocycles. The topological polar surface area (TPSA) is 80.9 Å². The van der Waals surface area contributed by atoms with Crippen molar-refractivity contribution in [1.82, 2.24) is 9.97 Å². The highest BCUT2D eigenvalue weighted by Crippen LogP contribution is 2.29. The molecule has 2 aromatic rings. The van der Waals surface area contributed by atoms with E-state index < -0.39 is 0 Å². The number of nitrogens with zero attached hydrogens (tertiary/aromatic N) is 2. The quantitative estimate of drug-likeness (QED) is 0.800. The smallest absolute Gasteiger partial charge is 0.229 e. The average molecular weight is 228 g/mol. The summed E-state index contributed by atoms with van der Waals surface area (Å²) in [5.74, 6) is -0.0479. The number of hydrogen-bond donors (Lipinski definition) is 2. The first kappa shape index (κ1) is 10.2. The third-order valence-corrected chi connectivity index (χ3v) is 2.91. The third kappa shape index (κ3) is 1.97. The molecule has 1 saturated carbocycles. The molecular weight excluding hydrogens is 216 g/mol. The van der Waals surface area contributed by atoms with E-state index in [9.17, 15) is 4.79 Å². The largest absolute Gasteiger partial charge is 0.327 e. The van der Waals surface area contributed by atoms with Crippen molar-refractivity contribution < 1.29 is 4.79 Å². The van der Waals surface area contributed by atoms with Crippen LogP contribution in [0.5, 0.6) is 0 Å². The van der Waals surface area contributed by atoms with Crippen LogP contribution < -0.4 is 11.1 Å². The van der Waals surface area contributed by atoms with Gasteiger partial charge in [-0.3, -0.25) is 14.8 Å². The Morgan fingerprint density at radius 2 is 2.00 bits per heavy atom. The standard InChI is InChI=1S/C12H12N4O/c13-9-6-8(9)12(17)16-7-1-2-10-11(5-7)15-4-3-14-10/h1-5,8-9H,6,13H2,(H,16,17). The van der Waals surface area contributed by atoms with Crippen molar-refractivity contribution in [3.63, 3.8) is 0 Å². The van der Waals surface area contributed by atoms with E-state index in [1.165, 1.54) is 0 Å². The molecule has 0 radical (unpaired) electrons. The Hall–Kier alpha value is -2.01. The van der Waals surface area contributed by atoms with Crippen molar-refractivity contribution in [2.24, 2.45) is 11.7 Å². The molecule has 5 nitrogen and oxygen atoms in total. The molecule has 1 aromatic carbocycles. The summed E-state index contributed by atoms with van der Waals surface area (Å²) in [5.41, 5.74) is 7.95. The summed E-state index contributed by atoms with van der Waals surface area (Å²) in [6.45, 7) is 0. The van der Waals surface area contributed by atoms with Gasteiger partial charge in [-0.05, 0) is 24.6 Å². The van der Waals surface area contributed by atoms with Gasteiger partial charge in [-0.25, -0.2) is 0 Å². The average Bonchev–Trinajstić information content (AvgIpc) is 3.06. The van der Waals surface area contributed by atoms with Crippen LogP contribution in [-0.2, 0) is 4.79 Å². The minimum absolute atomic E-state index is 0.0132. The monoisotopic (exact) mass is 228 g/mol. The number of rotatable bonds is 2. The second kappa shape index (κ2) is 3.78. The van der Waals surface area contributed by atoms with Gasteiger partial charge in [-0.2, -0.15) is 0 Å². The molecule has 17 heavy (non-hydrogen) atoms. The van der Waals surface area contributed by atoms with Gasteiger partial charge in [0.05, 0.1) is 17.0 Å². The summed E-state index contributed by atoms with van der Waals surface area (Å²) >= 11 is 0. The molecule has 1 heterocycles. The van der Waals surface area contributed by atoms with Gasteiger partial charge < -0.3 is 11.1 Å². The van der Waals surface area contributed by atoms with Crippen LogP contribution in [0.1, 0.15) is 6.42 Å². The molecule has 1 aliphatic rings. The van der Waals surface area contributed by atoms with E-state index in [0.29, 0.717) is 0 Å². The number of fused-ring (bicyclic) bond motifs is 1. The lowest BCUT2D eigenvalue weighted by atomic mass is 10.2. The summed E-state index contributed by atoms with van der Waals surface area (Å²) in [6.07, 6.45) is 4.05. The van der Waals surface area contributed by atoms with Crippen molar-refractivity contribution in [2.45, 2.75) is 12.5 Å². The molecule has 1 amide bonds. The number of amides is 1. The van der Waals surface area contributed by atoms with Gasteiger partial charge in [0, 0.05) is 24.1 Å². The molecule has 1 aliphatic carbocycles. The zero-order chi connectivity index (χ0) is 11.8. The second-order valence-corrected chi connectivity index (χ2v) is 4.26. The Bertz CT molecular complexity index is 583. The van der Waals surface area contributed by atoms with Crippen LogP contribution in [0.3, 0.4) is 0 Å².